The average Bonchev–Trinajstić information content (AvgIpc) is 3.26. The number of anilines is 1. The van der Waals surface area contributed by atoms with Crippen LogP contribution in [0.15, 0.2) is 47.6 Å². The zero-order chi connectivity index (χ0) is 21.5. The number of nitrogens with one attached hydrogen (secondary N) is 2. The Balaban J connectivity index is 1.27. The van der Waals surface area contributed by atoms with Crippen LogP contribution in [-0.4, -0.2) is 68.3 Å². The number of halogens is 1. The molecule has 2 N–H and O–H groups in total. The highest BCUT2D eigenvalue weighted by atomic mass is 35.5. The Kier molecular flexibility index (Phi) is 7.61. The smallest absolute Gasteiger partial charge is 0.191 e. The second-order valence-corrected chi connectivity index (χ2v) is 8.43. The van der Waals surface area contributed by atoms with Crippen LogP contribution >= 0.6 is 11.6 Å². The molecule has 166 valence electrons. The van der Waals surface area contributed by atoms with Crippen LogP contribution in [0.3, 0.4) is 0 Å². The molecule has 2 aromatic rings. The molecular weight excluding hydrogens is 412 g/mol. The van der Waals surface area contributed by atoms with Crippen molar-refractivity contribution in [2.75, 3.05) is 51.3 Å². The number of guanidine groups is 1. The van der Waals surface area contributed by atoms with Crippen molar-refractivity contribution in [2.24, 2.45) is 4.99 Å². The van der Waals surface area contributed by atoms with E-state index in [-0.39, 0.29) is 0 Å². The Hall–Kier alpha value is -2.35. The summed E-state index contributed by atoms with van der Waals surface area (Å²) in [4.78, 5) is 13.5. The molecule has 1 atom stereocenters. The summed E-state index contributed by atoms with van der Waals surface area (Å²) in [6, 6.07) is 12.8. The lowest BCUT2D eigenvalue weighted by atomic mass is 10.1. The first-order chi connectivity index (χ1) is 15.2. The van der Waals surface area contributed by atoms with Gasteiger partial charge in [0.2, 0.25) is 0 Å². The van der Waals surface area contributed by atoms with Gasteiger partial charge in [0, 0.05) is 58.6 Å². The van der Waals surface area contributed by atoms with Crippen LogP contribution in [0.1, 0.15) is 17.5 Å². The van der Waals surface area contributed by atoms with E-state index < -0.39 is 0 Å². The van der Waals surface area contributed by atoms with Crippen molar-refractivity contribution >= 4 is 23.4 Å². The van der Waals surface area contributed by atoms with Crippen LogP contribution in [-0.2, 0) is 17.8 Å². The average molecular weight is 443 g/mol. The minimum atomic E-state index is 0.303. The number of rotatable bonds is 6. The van der Waals surface area contributed by atoms with E-state index in [1.165, 1.54) is 11.1 Å². The van der Waals surface area contributed by atoms with Gasteiger partial charge in [-0.15, -0.1) is 0 Å². The first-order valence-electron chi connectivity index (χ1n) is 10.9. The van der Waals surface area contributed by atoms with E-state index in [0.29, 0.717) is 11.1 Å². The van der Waals surface area contributed by atoms with E-state index in [1.54, 1.807) is 6.20 Å². The van der Waals surface area contributed by atoms with E-state index in [9.17, 15) is 0 Å². The van der Waals surface area contributed by atoms with Crippen LogP contribution in [0.5, 0.6) is 0 Å². The highest BCUT2D eigenvalue weighted by molar-refractivity contribution is 6.32. The molecule has 7 nitrogen and oxygen atoms in total. The lowest BCUT2D eigenvalue weighted by molar-refractivity contribution is 0.0342. The molecule has 0 radical (unpaired) electrons. The van der Waals surface area contributed by atoms with Gasteiger partial charge in [0.25, 0.3) is 0 Å². The summed E-state index contributed by atoms with van der Waals surface area (Å²) in [6.45, 7) is 7.14. The lowest BCUT2D eigenvalue weighted by Crippen LogP contribution is -2.44. The molecule has 8 heteroatoms. The molecular formula is C23H31ClN6O. The molecule has 0 spiro atoms. The molecule has 0 aliphatic carbocycles. The van der Waals surface area contributed by atoms with Gasteiger partial charge in [-0.2, -0.15) is 0 Å². The van der Waals surface area contributed by atoms with Crippen molar-refractivity contribution in [3.05, 3.63) is 58.7 Å². The third-order valence-electron chi connectivity index (χ3n) is 5.75. The van der Waals surface area contributed by atoms with E-state index in [4.69, 9.17) is 16.3 Å². The van der Waals surface area contributed by atoms with Gasteiger partial charge in [-0.3, -0.25) is 9.89 Å². The Morgan fingerprint density at radius 1 is 1.19 bits per heavy atom. The molecule has 2 aliphatic heterocycles. The minimum Gasteiger partial charge on any atom is -0.379 e. The van der Waals surface area contributed by atoms with Crippen LogP contribution in [0.25, 0.3) is 0 Å². The summed E-state index contributed by atoms with van der Waals surface area (Å²) in [5.74, 6) is 1.67. The van der Waals surface area contributed by atoms with Crippen molar-refractivity contribution in [2.45, 2.75) is 25.6 Å². The normalized spacial score (nSPS) is 20.1. The summed E-state index contributed by atoms with van der Waals surface area (Å²) in [6.07, 6.45) is 2.80. The van der Waals surface area contributed by atoms with Crippen LogP contribution in [0, 0.1) is 0 Å². The molecule has 2 fully saturated rings. The second-order valence-electron chi connectivity index (χ2n) is 8.02. The van der Waals surface area contributed by atoms with Crippen LogP contribution < -0.4 is 15.5 Å². The van der Waals surface area contributed by atoms with Crippen molar-refractivity contribution in [3.63, 3.8) is 0 Å². The summed E-state index contributed by atoms with van der Waals surface area (Å²) < 4.78 is 5.45. The predicted molar refractivity (Wildman–Crippen MR) is 126 cm³/mol. The molecule has 0 amide bonds. The summed E-state index contributed by atoms with van der Waals surface area (Å²) in [5.41, 5.74) is 2.59. The first-order valence-corrected chi connectivity index (χ1v) is 11.3. The maximum absolute atomic E-state index is 6.31. The highest BCUT2D eigenvalue weighted by Gasteiger charge is 2.25. The molecule has 1 aromatic heterocycles. The number of aromatic nitrogens is 1. The van der Waals surface area contributed by atoms with Gasteiger partial charge in [0.05, 0.1) is 18.2 Å². The minimum absolute atomic E-state index is 0.303. The Morgan fingerprint density at radius 3 is 2.84 bits per heavy atom. The molecule has 0 bridgehead atoms. The van der Waals surface area contributed by atoms with Crippen molar-refractivity contribution < 1.29 is 4.74 Å². The molecule has 31 heavy (non-hydrogen) atoms. The van der Waals surface area contributed by atoms with E-state index in [1.807, 2.05) is 19.2 Å². The van der Waals surface area contributed by atoms with Gasteiger partial charge < -0.3 is 20.3 Å². The summed E-state index contributed by atoms with van der Waals surface area (Å²) in [5, 5.41) is 7.69. The highest BCUT2D eigenvalue weighted by Crippen LogP contribution is 2.25. The van der Waals surface area contributed by atoms with Gasteiger partial charge in [-0.05, 0) is 29.7 Å². The number of morpholine rings is 1. The number of hydrogen-bond acceptors (Lipinski definition) is 5. The standard InChI is InChI=1S/C23H31ClN6O/c1-25-23(28-20-7-9-30(17-20)22-21(24)6-3-8-26-22)27-15-18-4-2-5-19(14-18)16-29-10-12-31-13-11-29/h2-6,8,14,20H,7,9-13,15-17H2,1H3,(H2,25,27,28). The third kappa shape index (κ3) is 6.09. The number of aliphatic imine (C=N–C) groups is 1. The van der Waals surface area contributed by atoms with E-state index in [0.717, 1.165) is 70.7 Å². The summed E-state index contributed by atoms with van der Waals surface area (Å²) >= 11 is 6.31. The van der Waals surface area contributed by atoms with Crippen molar-refractivity contribution in [1.82, 2.24) is 20.5 Å². The number of nitrogens with zero attached hydrogens (tertiary/aromatic N) is 4. The third-order valence-corrected chi connectivity index (χ3v) is 6.05. The molecule has 1 aromatic carbocycles. The van der Waals surface area contributed by atoms with Gasteiger partial charge in [0.1, 0.15) is 5.82 Å². The fourth-order valence-electron chi connectivity index (χ4n) is 4.11. The zero-order valence-corrected chi connectivity index (χ0v) is 18.8. The number of hydrogen-bond donors (Lipinski definition) is 2. The lowest BCUT2D eigenvalue weighted by Gasteiger charge is -2.26. The maximum atomic E-state index is 6.31. The maximum Gasteiger partial charge on any atom is 0.191 e. The zero-order valence-electron chi connectivity index (χ0n) is 18.1. The van der Waals surface area contributed by atoms with Crippen molar-refractivity contribution in [1.29, 1.82) is 0 Å². The summed E-state index contributed by atoms with van der Waals surface area (Å²) in [7, 11) is 1.81. The molecule has 3 heterocycles. The molecule has 0 saturated carbocycles. The largest absolute Gasteiger partial charge is 0.379 e. The number of benzene rings is 1. The van der Waals surface area contributed by atoms with E-state index in [2.05, 4.69) is 54.7 Å². The van der Waals surface area contributed by atoms with Gasteiger partial charge in [-0.25, -0.2) is 4.98 Å². The monoisotopic (exact) mass is 442 g/mol. The van der Waals surface area contributed by atoms with Crippen LogP contribution in [0.2, 0.25) is 5.02 Å². The number of ether oxygens (including phenoxy) is 1. The fraction of sp³-hybridized carbons (Fsp3) is 0.478. The topological polar surface area (TPSA) is 65.0 Å². The molecule has 2 saturated heterocycles. The Morgan fingerprint density at radius 2 is 2.03 bits per heavy atom. The predicted octanol–water partition coefficient (Wildman–Crippen LogP) is 2.51. The second kappa shape index (κ2) is 10.8. The first kappa shape index (κ1) is 21.9. The fourth-order valence-corrected chi connectivity index (χ4v) is 4.35. The van der Waals surface area contributed by atoms with Gasteiger partial charge in [0.15, 0.2) is 5.96 Å². The Labute approximate surface area is 189 Å². The number of pyridine rings is 1. The Bertz CT molecular complexity index is 886. The van der Waals surface area contributed by atoms with Crippen LogP contribution in [0.4, 0.5) is 5.82 Å². The molecule has 2 aliphatic rings. The molecule has 1 unspecified atom stereocenters. The van der Waals surface area contributed by atoms with E-state index >= 15 is 0 Å². The molecule has 4 rings (SSSR count). The van der Waals surface area contributed by atoms with Gasteiger partial charge >= 0.3 is 0 Å². The van der Waals surface area contributed by atoms with Gasteiger partial charge in [-0.1, -0.05) is 35.9 Å². The van der Waals surface area contributed by atoms with Crippen molar-refractivity contribution in [3.8, 4) is 0 Å². The SMILES string of the molecule is CN=C(NCc1cccc(CN2CCOCC2)c1)NC1CCN(c2ncccc2Cl)C1. The quantitative estimate of drug-likeness (QED) is 0.529.